The Morgan fingerprint density at radius 2 is 2.12 bits per heavy atom. The number of nitrogens with zero attached hydrogens (tertiary/aromatic N) is 2. The maximum atomic E-state index is 12.5. The smallest absolute Gasteiger partial charge is 0.266 e. The van der Waals surface area contributed by atoms with Crippen LogP contribution in [-0.2, 0) is 4.79 Å². The van der Waals surface area contributed by atoms with Crippen molar-refractivity contribution in [2.75, 3.05) is 13.1 Å². The number of ether oxygens (including phenoxy) is 1. The summed E-state index contributed by atoms with van der Waals surface area (Å²) in [5.74, 6) is 0.839. The summed E-state index contributed by atoms with van der Waals surface area (Å²) in [5, 5.41) is 0.784. The first-order valence-corrected chi connectivity index (χ1v) is 9.83. The molecule has 130 valence electrons. The highest BCUT2D eigenvalue weighted by molar-refractivity contribution is 9.10. The summed E-state index contributed by atoms with van der Waals surface area (Å²) in [5.41, 5.74) is 0.961. The van der Waals surface area contributed by atoms with Gasteiger partial charge in [-0.25, -0.2) is 0 Å². The summed E-state index contributed by atoms with van der Waals surface area (Å²) in [6.45, 7) is 9.38. The number of hydrogen-bond donors (Lipinski definition) is 0. The van der Waals surface area contributed by atoms with Crippen molar-refractivity contribution in [1.82, 2.24) is 4.90 Å². The van der Waals surface area contributed by atoms with Gasteiger partial charge in [-0.2, -0.15) is 0 Å². The predicted molar refractivity (Wildman–Crippen MR) is 105 cm³/mol. The third kappa shape index (κ3) is 4.42. The number of hydrogen-bond acceptors (Lipinski definition) is 4. The molecule has 1 heterocycles. The number of benzene rings is 1. The van der Waals surface area contributed by atoms with Gasteiger partial charge in [0.2, 0.25) is 0 Å². The molecular weight excluding hydrogens is 388 g/mol. The van der Waals surface area contributed by atoms with E-state index in [2.05, 4.69) is 27.8 Å². The van der Waals surface area contributed by atoms with Crippen LogP contribution in [0.1, 0.15) is 39.7 Å². The van der Waals surface area contributed by atoms with Gasteiger partial charge in [0.15, 0.2) is 5.17 Å². The number of amides is 1. The van der Waals surface area contributed by atoms with Crippen molar-refractivity contribution in [2.24, 2.45) is 4.99 Å². The van der Waals surface area contributed by atoms with Crippen LogP contribution in [0.4, 0.5) is 0 Å². The van der Waals surface area contributed by atoms with Gasteiger partial charge in [-0.1, -0.05) is 13.0 Å². The van der Waals surface area contributed by atoms with Crippen LogP contribution in [0.3, 0.4) is 0 Å². The molecule has 1 amide bonds. The number of amidine groups is 1. The first kappa shape index (κ1) is 19.1. The zero-order valence-corrected chi connectivity index (χ0v) is 16.9. The third-order valence-corrected chi connectivity index (χ3v) is 5.32. The molecule has 0 aliphatic carbocycles. The van der Waals surface area contributed by atoms with Crippen LogP contribution >= 0.6 is 27.7 Å². The number of halogens is 1. The summed E-state index contributed by atoms with van der Waals surface area (Å²) >= 11 is 4.99. The van der Waals surface area contributed by atoms with Crippen LogP contribution in [0.5, 0.6) is 5.75 Å². The normalized spacial score (nSPS) is 19.4. The van der Waals surface area contributed by atoms with Crippen molar-refractivity contribution < 1.29 is 9.53 Å². The fourth-order valence-corrected chi connectivity index (χ4v) is 3.79. The first-order chi connectivity index (χ1) is 11.5. The van der Waals surface area contributed by atoms with E-state index in [0.717, 1.165) is 27.4 Å². The third-order valence-electron chi connectivity index (χ3n) is 3.65. The number of carbonyl (C=O) groups is 1. The molecule has 1 saturated heterocycles. The quantitative estimate of drug-likeness (QED) is 0.623. The minimum atomic E-state index is 0.0192. The molecule has 0 N–H and O–H groups in total. The number of likely N-dealkylation sites (N-methyl/N-ethyl adjacent to an activating group) is 1. The van der Waals surface area contributed by atoms with E-state index in [0.29, 0.717) is 18.0 Å². The molecule has 4 nitrogen and oxygen atoms in total. The lowest BCUT2D eigenvalue weighted by molar-refractivity contribution is -0.122. The standard InChI is InChI=1S/C18H23BrN2O2S/c1-5-12(4)23-15-9-8-13(10-14(15)19)11-16-17(22)21(7-3)18(24-16)20-6-2/h8-12H,5-7H2,1-4H3/b16-11+,20-18?/t12-/m1/s1. The minimum absolute atomic E-state index is 0.0192. The van der Waals surface area contributed by atoms with E-state index in [1.807, 2.05) is 45.0 Å². The van der Waals surface area contributed by atoms with Crippen molar-refractivity contribution in [3.63, 3.8) is 0 Å². The van der Waals surface area contributed by atoms with Gasteiger partial charge >= 0.3 is 0 Å². The molecule has 0 spiro atoms. The fraction of sp³-hybridized carbons (Fsp3) is 0.444. The average molecular weight is 411 g/mol. The van der Waals surface area contributed by atoms with Gasteiger partial charge in [-0.05, 0) is 78.7 Å². The van der Waals surface area contributed by atoms with E-state index in [1.165, 1.54) is 11.8 Å². The monoisotopic (exact) mass is 410 g/mol. The summed E-state index contributed by atoms with van der Waals surface area (Å²) in [6.07, 6.45) is 3.03. The van der Waals surface area contributed by atoms with E-state index < -0.39 is 0 Å². The Morgan fingerprint density at radius 1 is 1.38 bits per heavy atom. The fourth-order valence-electron chi connectivity index (χ4n) is 2.19. The lowest BCUT2D eigenvalue weighted by atomic mass is 10.2. The van der Waals surface area contributed by atoms with Crippen molar-refractivity contribution >= 4 is 44.8 Å². The summed E-state index contributed by atoms with van der Waals surface area (Å²) in [4.78, 5) is 19.3. The second-order valence-corrected chi connectivity index (χ2v) is 7.31. The molecule has 1 aliphatic heterocycles. The van der Waals surface area contributed by atoms with Gasteiger partial charge in [0.25, 0.3) is 5.91 Å². The molecule has 1 aliphatic rings. The highest BCUT2D eigenvalue weighted by Crippen LogP contribution is 2.34. The molecule has 1 aromatic rings. The van der Waals surface area contributed by atoms with Crippen LogP contribution < -0.4 is 4.74 Å². The Hall–Kier alpha value is -1.27. The zero-order valence-electron chi connectivity index (χ0n) is 14.5. The Labute approximate surface area is 156 Å². The van der Waals surface area contributed by atoms with Gasteiger partial charge in [0.1, 0.15) is 5.75 Å². The van der Waals surface area contributed by atoms with Crippen LogP contribution in [0.25, 0.3) is 6.08 Å². The average Bonchev–Trinajstić information content (AvgIpc) is 2.85. The Morgan fingerprint density at radius 3 is 2.71 bits per heavy atom. The number of aliphatic imine (C=N–C) groups is 1. The summed E-state index contributed by atoms with van der Waals surface area (Å²) in [7, 11) is 0. The minimum Gasteiger partial charge on any atom is -0.490 e. The molecule has 24 heavy (non-hydrogen) atoms. The molecule has 1 aromatic carbocycles. The number of rotatable bonds is 6. The molecule has 2 rings (SSSR count). The molecule has 0 aromatic heterocycles. The van der Waals surface area contributed by atoms with Crippen LogP contribution in [-0.4, -0.2) is 35.2 Å². The van der Waals surface area contributed by atoms with E-state index in [1.54, 1.807) is 4.90 Å². The van der Waals surface area contributed by atoms with Gasteiger partial charge in [-0.15, -0.1) is 0 Å². The molecule has 6 heteroatoms. The molecule has 1 atom stereocenters. The Bertz CT molecular complexity index is 673. The lowest BCUT2D eigenvalue weighted by Gasteiger charge is -2.14. The Balaban J connectivity index is 2.24. The van der Waals surface area contributed by atoms with Gasteiger partial charge in [0, 0.05) is 13.1 Å². The summed E-state index contributed by atoms with van der Waals surface area (Å²) in [6, 6.07) is 5.88. The topological polar surface area (TPSA) is 41.9 Å². The maximum absolute atomic E-state index is 12.5. The lowest BCUT2D eigenvalue weighted by Crippen LogP contribution is -2.28. The second kappa shape index (κ2) is 8.72. The summed E-state index contributed by atoms with van der Waals surface area (Å²) < 4.78 is 6.75. The van der Waals surface area contributed by atoms with E-state index in [4.69, 9.17) is 4.74 Å². The van der Waals surface area contributed by atoms with E-state index in [9.17, 15) is 4.79 Å². The van der Waals surface area contributed by atoms with Gasteiger partial charge in [0.05, 0.1) is 15.5 Å². The molecule has 0 unspecified atom stereocenters. The second-order valence-electron chi connectivity index (χ2n) is 5.44. The molecule has 0 bridgehead atoms. The Kier molecular flexibility index (Phi) is 6.92. The molecule has 0 radical (unpaired) electrons. The molecular formula is C18H23BrN2O2S. The van der Waals surface area contributed by atoms with E-state index in [-0.39, 0.29) is 12.0 Å². The SMILES string of the molecule is CCN=C1S/C(=C/c2ccc(O[C@H](C)CC)c(Br)c2)C(=O)N1CC. The zero-order chi connectivity index (χ0) is 17.7. The van der Waals surface area contributed by atoms with Gasteiger partial charge in [-0.3, -0.25) is 14.7 Å². The highest BCUT2D eigenvalue weighted by atomic mass is 79.9. The largest absolute Gasteiger partial charge is 0.490 e. The van der Waals surface area contributed by atoms with Gasteiger partial charge < -0.3 is 4.74 Å². The van der Waals surface area contributed by atoms with Crippen molar-refractivity contribution in [3.05, 3.63) is 33.1 Å². The van der Waals surface area contributed by atoms with E-state index >= 15 is 0 Å². The highest BCUT2D eigenvalue weighted by Gasteiger charge is 2.31. The van der Waals surface area contributed by atoms with Crippen LogP contribution in [0.15, 0.2) is 32.6 Å². The van der Waals surface area contributed by atoms with Crippen LogP contribution in [0, 0.1) is 0 Å². The van der Waals surface area contributed by atoms with Crippen molar-refractivity contribution in [2.45, 2.75) is 40.2 Å². The first-order valence-electron chi connectivity index (χ1n) is 8.22. The predicted octanol–water partition coefficient (Wildman–Crippen LogP) is 4.94. The molecule has 1 fully saturated rings. The van der Waals surface area contributed by atoms with Crippen molar-refractivity contribution in [1.29, 1.82) is 0 Å². The van der Waals surface area contributed by atoms with Crippen molar-refractivity contribution in [3.8, 4) is 5.75 Å². The maximum Gasteiger partial charge on any atom is 0.266 e. The van der Waals surface area contributed by atoms with Crippen LogP contribution in [0.2, 0.25) is 0 Å². The number of carbonyl (C=O) groups excluding carboxylic acids is 1. The number of thioether (sulfide) groups is 1. The molecule has 0 saturated carbocycles.